The Morgan fingerprint density at radius 3 is 2.68 bits per heavy atom. The lowest BCUT2D eigenvalue weighted by molar-refractivity contribution is -0.117. The highest BCUT2D eigenvalue weighted by Gasteiger charge is 2.20. The molecule has 10 heteroatoms. The number of anilines is 1. The van der Waals surface area contributed by atoms with Crippen molar-refractivity contribution in [3.05, 3.63) is 69.4 Å². The molecule has 0 aliphatic heterocycles. The number of carbonyl (C=O) groups excluding carboxylic acids is 1. The van der Waals surface area contributed by atoms with E-state index in [1.54, 1.807) is 38.3 Å². The van der Waals surface area contributed by atoms with E-state index in [-0.39, 0.29) is 16.2 Å². The van der Waals surface area contributed by atoms with Gasteiger partial charge in [-0.15, -0.1) is 0 Å². The van der Waals surface area contributed by atoms with Crippen LogP contribution in [0.3, 0.4) is 0 Å². The Balaban J connectivity index is 1.72. The molecule has 0 fully saturated rings. The number of amides is 1. The number of nitrogens with one attached hydrogen (secondary N) is 1. The van der Waals surface area contributed by atoms with E-state index in [4.69, 9.17) is 20.9 Å². The number of aryl methyl sites for hydroxylation is 1. The molecule has 1 N–H and O–H groups in total. The van der Waals surface area contributed by atoms with Crippen LogP contribution in [0, 0.1) is 12.7 Å². The van der Waals surface area contributed by atoms with Gasteiger partial charge >= 0.3 is 0 Å². The number of ether oxygens (including phenoxy) is 1. The van der Waals surface area contributed by atoms with E-state index in [1.807, 2.05) is 0 Å². The smallest absolute Gasteiger partial charge is 0.297 e. The summed E-state index contributed by atoms with van der Waals surface area (Å²) in [5.41, 5.74) is 0.913. The predicted octanol–water partition coefficient (Wildman–Crippen LogP) is 3.80. The van der Waals surface area contributed by atoms with Crippen LogP contribution in [0.4, 0.5) is 10.1 Å². The normalized spacial score (nSPS) is 11.0. The number of carbonyl (C=O) groups is 1. The molecule has 0 atom stereocenters. The number of aromatic nitrogens is 3. The lowest BCUT2D eigenvalue weighted by Gasteiger charge is -2.10. The van der Waals surface area contributed by atoms with Gasteiger partial charge in [-0.1, -0.05) is 16.8 Å². The molecule has 0 bridgehead atoms. The predicted molar refractivity (Wildman–Crippen MR) is 113 cm³/mol. The fourth-order valence-corrected chi connectivity index (χ4v) is 3.28. The number of nitrogens with zero attached hydrogens (tertiary/aromatic N) is 3. The Morgan fingerprint density at radius 1 is 1.26 bits per heavy atom. The molecule has 0 aliphatic rings. The number of rotatable bonds is 5. The summed E-state index contributed by atoms with van der Waals surface area (Å²) in [6.45, 7) is 1.29. The van der Waals surface area contributed by atoms with E-state index < -0.39 is 23.8 Å². The molecular formula is C21H16ClFN4O4. The third kappa shape index (κ3) is 3.99. The summed E-state index contributed by atoms with van der Waals surface area (Å²) in [7, 11) is 1.56. The minimum Gasteiger partial charge on any atom is -0.497 e. The maximum Gasteiger partial charge on any atom is 0.297 e. The monoisotopic (exact) mass is 442 g/mol. The molecule has 0 spiro atoms. The molecule has 8 nitrogen and oxygen atoms in total. The van der Waals surface area contributed by atoms with Gasteiger partial charge in [0.05, 0.1) is 17.5 Å². The summed E-state index contributed by atoms with van der Waals surface area (Å²) in [6, 6.07) is 10.8. The minimum atomic E-state index is -0.603. The van der Waals surface area contributed by atoms with Crippen LogP contribution in [0.2, 0.25) is 5.02 Å². The van der Waals surface area contributed by atoms with Crippen LogP contribution in [0.15, 0.2) is 51.8 Å². The van der Waals surface area contributed by atoms with Crippen LogP contribution >= 0.6 is 11.6 Å². The molecule has 1 amide bonds. The lowest BCUT2D eigenvalue weighted by Crippen LogP contribution is -2.30. The standard InChI is InChI=1S/C21H16ClFN4O4/c1-11-18-19(12-3-6-14(30-2)7-4-12)25-27(21(29)20(18)26-31-11)10-17(28)24-13-5-8-16(23)15(22)9-13/h3-9H,10H2,1-2H3,(H,24,28). The van der Waals surface area contributed by atoms with E-state index >= 15 is 0 Å². The molecule has 0 saturated heterocycles. The Hall–Kier alpha value is -3.72. The second-order valence-electron chi connectivity index (χ2n) is 6.68. The zero-order chi connectivity index (χ0) is 22.1. The first kappa shape index (κ1) is 20.5. The Labute approximate surface area is 180 Å². The molecule has 4 aromatic rings. The van der Waals surface area contributed by atoms with Gasteiger partial charge in [0, 0.05) is 11.3 Å². The van der Waals surface area contributed by atoms with Gasteiger partial charge in [-0.25, -0.2) is 9.07 Å². The molecule has 0 radical (unpaired) electrons. The fraction of sp³-hybridized carbons (Fsp3) is 0.143. The van der Waals surface area contributed by atoms with Gasteiger partial charge < -0.3 is 14.6 Å². The van der Waals surface area contributed by atoms with Crippen LogP contribution in [0.25, 0.3) is 22.2 Å². The summed E-state index contributed by atoms with van der Waals surface area (Å²) in [6.07, 6.45) is 0. The Kier molecular flexibility index (Phi) is 5.43. The lowest BCUT2D eigenvalue weighted by atomic mass is 10.1. The first-order chi connectivity index (χ1) is 14.9. The largest absolute Gasteiger partial charge is 0.497 e. The highest BCUT2D eigenvalue weighted by Crippen LogP contribution is 2.28. The number of fused-ring (bicyclic) bond motifs is 1. The Morgan fingerprint density at radius 2 is 2.00 bits per heavy atom. The average molecular weight is 443 g/mol. The summed E-state index contributed by atoms with van der Waals surface area (Å²) in [5.74, 6) is -0.0540. The van der Waals surface area contributed by atoms with Crippen molar-refractivity contribution < 1.29 is 18.4 Å². The number of hydrogen-bond acceptors (Lipinski definition) is 6. The van der Waals surface area contributed by atoms with Crippen LogP contribution in [0.1, 0.15) is 5.76 Å². The van der Waals surface area contributed by atoms with E-state index in [1.165, 1.54) is 12.1 Å². The van der Waals surface area contributed by atoms with Gasteiger partial charge in [-0.2, -0.15) is 5.10 Å². The maximum atomic E-state index is 13.3. The van der Waals surface area contributed by atoms with E-state index in [0.717, 1.165) is 10.7 Å². The fourth-order valence-electron chi connectivity index (χ4n) is 3.10. The molecule has 2 heterocycles. The SMILES string of the molecule is COc1ccc(-c2nn(CC(=O)Nc3ccc(F)c(Cl)c3)c(=O)c3noc(C)c23)cc1. The summed E-state index contributed by atoms with van der Waals surface area (Å²) >= 11 is 5.74. The molecule has 158 valence electrons. The number of halogens is 2. The Bertz CT molecular complexity index is 1350. The third-order valence-electron chi connectivity index (χ3n) is 4.62. The van der Waals surface area contributed by atoms with E-state index in [2.05, 4.69) is 15.6 Å². The van der Waals surface area contributed by atoms with Gasteiger partial charge in [0.2, 0.25) is 5.91 Å². The summed E-state index contributed by atoms with van der Waals surface area (Å²) in [5, 5.41) is 11.1. The van der Waals surface area contributed by atoms with Crippen molar-refractivity contribution in [3.63, 3.8) is 0 Å². The van der Waals surface area contributed by atoms with Crippen molar-refractivity contribution in [1.29, 1.82) is 0 Å². The number of hydrogen-bond donors (Lipinski definition) is 1. The van der Waals surface area contributed by atoms with Crippen LogP contribution in [-0.4, -0.2) is 28.0 Å². The van der Waals surface area contributed by atoms with Gasteiger partial charge in [0.15, 0.2) is 5.52 Å². The zero-order valence-electron chi connectivity index (χ0n) is 16.5. The van der Waals surface area contributed by atoms with Crippen LogP contribution < -0.4 is 15.6 Å². The quantitative estimate of drug-likeness (QED) is 0.504. The average Bonchev–Trinajstić information content (AvgIpc) is 3.15. The maximum absolute atomic E-state index is 13.3. The van der Waals surface area contributed by atoms with Crippen molar-refractivity contribution in [2.75, 3.05) is 12.4 Å². The molecular weight excluding hydrogens is 427 g/mol. The second kappa shape index (κ2) is 8.19. The highest BCUT2D eigenvalue weighted by molar-refractivity contribution is 6.31. The minimum absolute atomic E-state index is 0.0657. The molecule has 0 unspecified atom stereocenters. The van der Waals surface area contributed by atoms with Crippen LogP contribution in [-0.2, 0) is 11.3 Å². The topological polar surface area (TPSA) is 99.2 Å². The molecule has 0 saturated carbocycles. The molecule has 4 rings (SSSR count). The second-order valence-corrected chi connectivity index (χ2v) is 7.09. The summed E-state index contributed by atoms with van der Waals surface area (Å²) < 4.78 is 24.7. The molecule has 2 aromatic heterocycles. The van der Waals surface area contributed by atoms with E-state index in [9.17, 15) is 14.0 Å². The molecule has 31 heavy (non-hydrogen) atoms. The first-order valence-corrected chi connectivity index (χ1v) is 9.51. The summed E-state index contributed by atoms with van der Waals surface area (Å²) in [4.78, 5) is 25.3. The van der Waals surface area contributed by atoms with Gasteiger partial charge in [0.25, 0.3) is 5.56 Å². The number of methoxy groups -OCH3 is 1. The van der Waals surface area contributed by atoms with Gasteiger partial charge in [-0.3, -0.25) is 9.59 Å². The van der Waals surface area contributed by atoms with Crippen molar-refractivity contribution in [3.8, 4) is 17.0 Å². The highest BCUT2D eigenvalue weighted by atomic mass is 35.5. The van der Waals surface area contributed by atoms with Crippen molar-refractivity contribution in [2.24, 2.45) is 0 Å². The van der Waals surface area contributed by atoms with Crippen molar-refractivity contribution in [1.82, 2.24) is 14.9 Å². The number of benzene rings is 2. The van der Waals surface area contributed by atoms with Crippen LogP contribution in [0.5, 0.6) is 5.75 Å². The third-order valence-corrected chi connectivity index (χ3v) is 4.91. The molecule has 0 aliphatic carbocycles. The molecule has 2 aromatic carbocycles. The van der Waals surface area contributed by atoms with Crippen molar-refractivity contribution >= 4 is 34.1 Å². The van der Waals surface area contributed by atoms with Gasteiger partial charge in [-0.05, 0) is 49.4 Å². The first-order valence-electron chi connectivity index (χ1n) is 9.14. The zero-order valence-corrected chi connectivity index (χ0v) is 17.2. The van der Waals surface area contributed by atoms with Crippen molar-refractivity contribution in [2.45, 2.75) is 13.5 Å². The van der Waals surface area contributed by atoms with Gasteiger partial charge in [0.1, 0.15) is 29.6 Å². The van der Waals surface area contributed by atoms with E-state index in [0.29, 0.717) is 28.2 Å².